The van der Waals surface area contributed by atoms with Crippen molar-refractivity contribution in [2.45, 2.75) is 38.1 Å². The standard InChI is InChI=1S/C17H20N4O/c18-16-15(11-22)17(20-12-19-16)21(13-7-3-1-4-8-13)14-9-5-2-6-10-14/h1,3-4,7-8,11-12,14H,2,5-6,9-10H2,(H2,18,19,20). The minimum Gasteiger partial charge on any atom is -0.383 e. The first-order chi connectivity index (χ1) is 10.8. The molecule has 1 heterocycles. The van der Waals surface area contributed by atoms with E-state index in [-0.39, 0.29) is 5.82 Å². The second-order valence-electron chi connectivity index (χ2n) is 5.61. The van der Waals surface area contributed by atoms with Gasteiger partial charge in [-0.3, -0.25) is 4.79 Å². The summed E-state index contributed by atoms with van der Waals surface area (Å²) in [6.07, 6.45) is 8.04. The van der Waals surface area contributed by atoms with Gasteiger partial charge in [-0.25, -0.2) is 9.97 Å². The summed E-state index contributed by atoms with van der Waals surface area (Å²) >= 11 is 0. The number of aromatic nitrogens is 2. The monoisotopic (exact) mass is 296 g/mol. The highest BCUT2D eigenvalue weighted by Gasteiger charge is 2.26. The van der Waals surface area contributed by atoms with Crippen molar-refractivity contribution >= 4 is 23.6 Å². The summed E-state index contributed by atoms with van der Waals surface area (Å²) in [7, 11) is 0. The zero-order chi connectivity index (χ0) is 15.4. The highest BCUT2D eigenvalue weighted by atomic mass is 16.1. The number of hydrogen-bond donors (Lipinski definition) is 1. The lowest BCUT2D eigenvalue weighted by Crippen LogP contribution is -2.34. The Labute approximate surface area is 130 Å². The minimum atomic E-state index is 0.233. The number of carbonyl (C=O) groups excluding carboxylic acids is 1. The van der Waals surface area contributed by atoms with Gasteiger partial charge in [-0.2, -0.15) is 0 Å². The van der Waals surface area contributed by atoms with Gasteiger partial charge in [0.15, 0.2) is 6.29 Å². The van der Waals surface area contributed by atoms with Crippen molar-refractivity contribution in [1.82, 2.24) is 9.97 Å². The molecule has 3 rings (SSSR count). The van der Waals surface area contributed by atoms with Crippen LogP contribution in [0.2, 0.25) is 0 Å². The van der Waals surface area contributed by atoms with Gasteiger partial charge in [-0.1, -0.05) is 37.5 Å². The molecule has 0 unspecified atom stereocenters. The molecule has 0 atom stereocenters. The summed E-state index contributed by atoms with van der Waals surface area (Å²) in [5, 5.41) is 0. The maximum atomic E-state index is 11.5. The van der Waals surface area contributed by atoms with Crippen molar-refractivity contribution in [2.24, 2.45) is 0 Å². The molecule has 114 valence electrons. The number of para-hydroxylation sites is 1. The third kappa shape index (κ3) is 2.79. The molecule has 0 radical (unpaired) electrons. The van der Waals surface area contributed by atoms with Gasteiger partial charge in [0.1, 0.15) is 18.0 Å². The fourth-order valence-corrected chi connectivity index (χ4v) is 3.14. The lowest BCUT2D eigenvalue weighted by atomic mass is 9.93. The first-order valence-corrected chi connectivity index (χ1v) is 7.71. The normalized spacial score (nSPS) is 15.5. The number of hydrogen-bond acceptors (Lipinski definition) is 5. The van der Waals surface area contributed by atoms with Crippen LogP contribution >= 0.6 is 0 Å². The first-order valence-electron chi connectivity index (χ1n) is 7.71. The van der Waals surface area contributed by atoms with Crippen molar-refractivity contribution < 1.29 is 4.79 Å². The van der Waals surface area contributed by atoms with Gasteiger partial charge in [-0.15, -0.1) is 0 Å². The Balaban J connectivity index is 2.09. The Hall–Kier alpha value is -2.43. The highest BCUT2D eigenvalue weighted by molar-refractivity contribution is 5.90. The van der Waals surface area contributed by atoms with Gasteiger partial charge >= 0.3 is 0 Å². The average molecular weight is 296 g/mol. The maximum absolute atomic E-state index is 11.5. The number of aldehydes is 1. The predicted molar refractivity (Wildman–Crippen MR) is 87.3 cm³/mol. The smallest absolute Gasteiger partial charge is 0.157 e. The number of anilines is 3. The average Bonchev–Trinajstić information content (AvgIpc) is 2.57. The third-order valence-electron chi connectivity index (χ3n) is 4.21. The van der Waals surface area contributed by atoms with Crippen LogP contribution in [0.25, 0.3) is 0 Å². The van der Waals surface area contributed by atoms with Gasteiger partial charge in [-0.05, 0) is 25.0 Å². The second-order valence-corrected chi connectivity index (χ2v) is 5.61. The molecule has 2 N–H and O–H groups in total. The van der Waals surface area contributed by atoms with E-state index in [1.54, 1.807) is 0 Å². The van der Waals surface area contributed by atoms with E-state index in [0.29, 0.717) is 17.4 Å². The summed E-state index contributed by atoms with van der Waals surface area (Å²) in [5.41, 5.74) is 7.28. The quantitative estimate of drug-likeness (QED) is 0.876. The van der Waals surface area contributed by atoms with Crippen molar-refractivity contribution in [1.29, 1.82) is 0 Å². The molecular formula is C17H20N4O. The molecule has 1 saturated carbocycles. The zero-order valence-electron chi connectivity index (χ0n) is 12.5. The van der Waals surface area contributed by atoms with Gasteiger partial charge in [0, 0.05) is 11.7 Å². The second kappa shape index (κ2) is 6.56. The fourth-order valence-electron chi connectivity index (χ4n) is 3.14. The van der Waals surface area contributed by atoms with E-state index in [2.05, 4.69) is 14.9 Å². The molecule has 0 saturated heterocycles. The Morgan fingerprint density at radius 1 is 1.09 bits per heavy atom. The SMILES string of the molecule is Nc1ncnc(N(c2ccccc2)C2CCCCC2)c1C=O. The molecule has 0 bridgehead atoms. The number of rotatable bonds is 4. The molecule has 5 heteroatoms. The molecular weight excluding hydrogens is 276 g/mol. The fraction of sp³-hybridized carbons (Fsp3) is 0.353. The number of nitrogen functional groups attached to an aromatic ring is 1. The molecule has 5 nitrogen and oxygen atoms in total. The van der Waals surface area contributed by atoms with E-state index in [1.807, 2.05) is 30.3 Å². The molecule has 0 aliphatic heterocycles. The van der Waals surface area contributed by atoms with Crippen LogP contribution in [0, 0.1) is 0 Å². The largest absolute Gasteiger partial charge is 0.383 e. The molecule has 1 aliphatic rings. The van der Waals surface area contributed by atoms with Crippen molar-refractivity contribution in [3.05, 3.63) is 42.2 Å². The van der Waals surface area contributed by atoms with E-state index in [4.69, 9.17) is 5.73 Å². The van der Waals surface area contributed by atoms with Gasteiger partial charge in [0.2, 0.25) is 0 Å². The lowest BCUT2D eigenvalue weighted by Gasteiger charge is -2.36. The number of nitrogens with two attached hydrogens (primary N) is 1. The summed E-state index contributed by atoms with van der Waals surface area (Å²) in [6.45, 7) is 0. The van der Waals surface area contributed by atoms with Crippen LogP contribution in [-0.2, 0) is 0 Å². The summed E-state index contributed by atoms with van der Waals surface area (Å²) in [5.74, 6) is 0.845. The third-order valence-corrected chi connectivity index (χ3v) is 4.21. The maximum Gasteiger partial charge on any atom is 0.157 e. The zero-order valence-corrected chi connectivity index (χ0v) is 12.5. The Bertz CT molecular complexity index is 638. The summed E-state index contributed by atoms with van der Waals surface area (Å²) in [6, 6.07) is 10.4. The Morgan fingerprint density at radius 3 is 2.50 bits per heavy atom. The van der Waals surface area contributed by atoms with Crippen LogP contribution < -0.4 is 10.6 Å². The summed E-state index contributed by atoms with van der Waals surface area (Å²) < 4.78 is 0. The molecule has 0 spiro atoms. The number of carbonyl (C=O) groups is 1. The van der Waals surface area contributed by atoms with Gasteiger partial charge in [0.25, 0.3) is 0 Å². The number of benzene rings is 1. The molecule has 1 aromatic carbocycles. The van der Waals surface area contributed by atoms with Crippen LogP contribution in [0.4, 0.5) is 17.3 Å². The van der Waals surface area contributed by atoms with Crippen molar-refractivity contribution in [3.63, 3.8) is 0 Å². The Kier molecular flexibility index (Phi) is 4.32. The first kappa shape index (κ1) is 14.5. The van der Waals surface area contributed by atoms with Crippen molar-refractivity contribution in [2.75, 3.05) is 10.6 Å². The van der Waals surface area contributed by atoms with Crippen molar-refractivity contribution in [3.8, 4) is 0 Å². The van der Waals surface area contributed by atoms with E-state index >= 15 is 0 Å². The molecule has 22 heavy (non-hydrogen) atoms. The topological polar surface area (TPSA) is 72.1 Å². The molecule has 1 aliphatic carbocycles. The van der Waals surface area contributed by atoms with Crippen LogP contribution in [-0.4, -0.2) is 22.3 Å². The van der Waals surface area contributed by atoms with E-state index in [0.717, 1.165) is 24.8 Å². The van der Waals surface area contributed by atoms with Crippen LogP contribution in [0.5, 0.6) is 0 Å². The van der Waals surface area contributed by atoms with Crippen LogP contribution in [0.3, 0.4) is 0 Å². The van der Waals surface area contributed by atoms with Gasteiger partial charge in [0.05, 0.1) is 5.56 Å². The minimum absolute atomic E-state index is 0.233. The van der Waals surface area contributed by atoms with E-state index in [1.165, 1.54) is 25.6 Å². The van der Waals surface area contributed by atoms with Crippen LogP contribution in [0.1, 0.15) is 42.5 Å². The molecule has 2 aromatic rings. The lowest BCUT2D eigenvalue weighted by molar-refractivity contribution is 0.112. The van der Waals surface area contributed by atoms with Crippen LogP contribution in [0.15, 0.2) is 36.7 Å². The summed E-state index contributed by atoms with van der Waals surface area (Å²) in [4.78, 5) is 21.9. The van der Waals surface area contributed by atoms with E-state index in [9.17, 15) is 4.79 Å². The number of nitrogens with zero attached hydrogens (tertiary/aromatic N) is 3. The van der Waals surface area contributed by atoms with E-state index < -0.39 is 0 Å². The molecule has 0 amide bonds. The molecule has 1 fully saturated rings. The van der Waals surface area contributed by atoms with Gasteiger partial charge < -0.3 is 10.6 Å². The highest BCUT2D eigenvalue weighted by Crippen LogP contribution is 2.35. The predicted octanol–water partition coefficient (Wildman–Crippen LogP) is 3.34. The molecule has 1 aromatic heterocycles. The Morgan fingerprint density at radius 2 is 1.82 bits per heavy atom.